The molecule has 0 bridgehead atoms. The Bertz CT molecular complexity index is 509. The maximum absolute atomic E-state index is 14.2. The summed E-state index contributed by atoms with van der Waals surface area (Å²) in [5.41, 5.74) is -0.559. The predicted molar refractivity (Wildman–Crippen MR) is 74.7 cm³/mol. The minimum Gasteiger partial charge on any atom is -0.478 e. The number of benzene rings is 1. The van der Waals surface area contributed by atoms with Gasteiger partial charge in [0.25, 0.3) is 0 Å². The summed E-state index contributed by atoms with van der Waals surface area (Å²) < 4.78 is 33.4. The monoisotopic (exact) mass is 299 g/mol. The number of carboxylic acid groups (broad SMARTS) is 1. The van der Waals surface area contributed by atoms with Crippen LogP contribution >= 0.6 is 0 Å². The van der Waals surface area contributed by atoms with E-state index < -0.39 is 17.6 Å². The fourth-order valence-electron chi connectivity index (χ4n) is 2.51. The van der Waals surface area contributed by atoms with Gasteiger partial charge in [-0.15, -0.1) is 0 Å². The maximum atomic E-state index is 14.2. The van der Waals surface area contributed by atoms with Crippen molar-refractivity contribution < 1.29 is 23.4 Å². The largest absolute Gasteiger partial charge is 0.478 e. The van der Waals surface area contributed by atoms with Gasteiger partial charge in [0.1, 0.15) is 17.3 Å². The van der Waals surface area contributed by atoms with E-state index in [1.54, 1.807) is 4.90 Å². The highest BCUT2D eigenvalue weighted by Gasteiger charge is 2.34. The normalized spacial score (nSPS) is 15.8. The molecule has 1 N–H and O–H groups in total. The predicted octanol–water partition coefficient (Wildman–Crippen LogP) is 2.91. The average molecular weight is 299 g/mol. The Morgan fingerprint density at radius 1 is 1.43 bits per heavy atom. The standard InChI is InChI=1S/C15H19F2NO3/c1-9(10-3-4-10)18(5-6-21-2)14-12(16)7-11(15(19)20)8-13(14)17/h7-10H,3-6H2,1-2H3,(H,19,20). The zero-order valence-electron chi connectivity index (χ0n) is 12.1. The zero-order valence-corrected chi connectivity index (χ0v) is 12.1. The van der Waals surface area contributed by atoms with E-state index in [9.17, 15) is 13.6 Å². The Morgan fingerprint density at radius 2 is 2.00 bits per heavy atom. The summed E-state index contributed by atoms with van der Waals surface area (Å²) in [6, 6.07) is 1.71. The maximum Gasteiger partial charge on any atom is 0.335 e. The molecule has 4 nitrogen and oxygen atoms in total. The van der Waals surface area contributed by atoms with Crippen molar-refractivity contribution in [1.82, 2.24) is 0 Å². The Balaban J connectivity index is 2.36. The smallest absolute Gasteiger partial charge is 0.335 e. The molecule has 0 aromatic heterocycles. The molecule has 0 aliphatic heterocycles. The second-order valence-electron chi connectivity index (χ2n) is 5.36. The van der Waals surface area contributed by atoms with Crippen molar-refractivity contribution in [3.8, 4) is 0 Å². The van der Waals surface area contributed by atoms with Crippen LogP contribution in [0.15, 0.2) is 12.1 Å². The Kier molecular flexibility index (Phi) is 4.77. The third-order valence-electron chi connectivity index (χ3n) is 3.88. The van der Waals surface area contributed by atoms with Crippen LogP contribution in [0.4, 0.5) is 14.5 Å². The second-order valence-corrected chi connectivity index (χ2v) is 5.36. The zero-order chi connectivity index (χ0) is 15.6. The van der Waals surface area contributed by atoms with Gasteiger partial charge in [-0.2, -0.15) is 0 Å². The van der Waals surface area contributed by atoms with Gasteiger partial charge in [0, 0.05) is 19.7 Å². The molecular formula is C15H19F2NO3. The molecule has 0 spiro atoms. The van der Waals surface area contributed by atoms with Gasteiger partial charge in [0.15, 0.2) is 0 Å². The first kappa shape index (κ1) is 15.7. The molecule has 1 unspecified atom stereocenters. The molecule has 21 heavy (non-hydrogen) atoms. The molecule has 1 atom stereocenters. The van der Waals surface area contributed by atoms with Crippen LogP contribution in [0, 0.1) is 17.6 Å². The lowest BCUT2D eigenvalue weighted by Crippen LogP contribution is -2.38. The number of hydrogen-bond acceptors (Lipinski definition) is 3. The Labute approximate surface area is 122 Å². The van der Waals surface area contributed by atoms with Crippen molar-refractivity contribution in [2.75, 3.05) is 25.2 Å². The number of anilines is 1. The molecule has 0 amide bonds. The molecule has 1 aliphatic carbocycles. The first-order valence-electron chi connectivity index (χ1n) is 6.93. The molecular weight excluding hydrogens is 280 g/mol. The van der Waals surface area contributed by atoms with Crippen LogP contribution in [0.25, 0.3) is 0 Å². The fraction of sp³-hybridized carbons (Fsp3) is 0.533. The lowest BCUT2D eigenvalue weighted by atomic mass is 10.1. The molecule has 2 rings (SSSR count). The second kappa shape index (κ2) is 6.39. The van der Waals surface area contributed by atoms with Gasteiger partial charge in [0.2, 0.25) is 0 Å². The van der Waals surface area contributed by atoms with E-state index in [0.29, 0.717) is 19.1 Å². The quantitative estimate of drug-likeness (QED) is 0.841. The van der Waals surface area contributed by atoms with E-state index in [-0.39, 0.29) is 17.3 Å². The summed E-state index contributed by atoms with van der Waals surface area (Å²) in [7, 11) is 1.53. The highest BCUT2D eigenvalue weighted by atomic mass is 19.1. The van der Waals surface area contributed by atoms with Crippen molar-refractivity contribution in [2.45, 2.75) is 25.8 Å². The number of ether oxygens (including phenoxy) is 1. The Morgan fingerprint density at radius 3 is 2.43 bits per heavy atom. The van der Waals surface area contributed by atoms with Crippen LogP contribution in [0.3, 0.4) is 0 Å². The number of hydrogen-bond donors (Lipinski definition) is 1. The van der Waals surface area contributed by atoms with Crippen molar-refractivity contribution >= 4 is 11.7 Å². The number of carboxylic acids is 1. The van der Waals surface area contributed by atoms with Crippen LogP contribution in [0.2, 0.25) is 0 Å². The molecule has 1 saturated carbocycles. The first-order valence-corrected chi connectivity index (χ1v) is 6.93. The van der Waals surface area contributed by atoms with Gasteiger partial charge in [-0.1, -0.05) is 0 Å². The van der Waals surface area contributed by atoms with E-state index in [2.05, 4.69) is 0 Å². The number of carbonyl (C=O) groups is 1. The highest BCUT2D eigenvalue weighted by molar-refractivity contribution is 5.88. The minimum atomic E-state index is -1.35. The molecule has 1 aliphatic rings. The summed E-state index contributed by atoms with van der Waals surface area (Å²) in [4.78, 5) is 12.5. The van der Waals surface area contributed by atoms with Crippen molar-refractivity contribution in [1.29, 1.82) is 0 Å². The van der Waals surface area contributed by atoms with E-state index in [1.165, 1.54) is 7.11 Å². The van der Waals surface area contributed by atoms with E-state index in [1.807, 2.05) is 6.92 Å². The van der Waals surface area contributed by atoms with Crippen LogP contribution in [0.1, 0.15) is 30.1 Å². The lowest BCUT2D eigenvalue weighted by Gasteiger charge is -2.32. The molecule has 1 fully saturated rings. The number of nitrogens with zero attached hydrogens (tertiary/aromatic N) is 1. The third-order valence-corrected chi connectivity index (χ3v) is 3.88. The number of rotatable bonds is 7. The van der Waals surface area contributed by atoms with Crippen molar-refractivity contribution in [3.63, 3.8) is 0 Å². The Hall–Kier alpha value is -1.69. The minimum absolute atomic E-state index is 0.0140. The van der Waals surface area contributed by atoms with Crippen molar-refractivity contribution in [3.05, 3.63) is 29.3 Å². The molecule has 6 heteroatoms. The molecule has 1 aromatic carbocycles. The third kappa shape index (κ3) is 3.50. The summed E-state index contributed by atoms with van der Waals surface area (Å²) in [5.74, 6) is -2.63. The van der Waals surface area contributed by atoms with E-state index in [0.717, 1.165) is 25.0 Å². The molecule has 0 heterocycles. The topological polar surface area (TPSA) is 49.8 Å². The first-order chi connectivity index (χ1) is 9.95. The summed E-state index contributed by atoms with van der Waals surface area (Å²) in [6.07, 6.45) is 2.09. The van der Waals surface area contributed by atoms with Gasteiger partial charge in [-0.05, 0) is 37.8 Å². The molecule has 1 aromatic rings. The highest BCUT2D eigenvalue weighted by Crippen LogP contribution is 2.38. The molecule has 0 saturated heterocycles. The fourth-order valence-corrected chi connectivity index (χ4v) is 2.51. The number of methoxy groups -OCH3 is 1. The van der Waals surface area contributed by atoms with Gasteiger partial charge in [0.05, 0.1) is 12.2 Å². The lowest BCUT2D eigenvalue weighted by molar-refractivity contribution is 0.0695. The summed E-state index contributed by atoms with van der Waals surface area (Å²) in [6.45, 7) is 2.63. The van der Waals surface area contributed by atoms with Gasteiger partial charge in [-0.3, -0.25) is 0 Å². The van der Waals surface area contributed by atoms with Gasteiger partial charge >= 0.3 is 5.97 Å². The van der Waals surface area contributed by atoms with E-state index >= 15 is 0 Å². The number of halogens is 2. The van der Waals surface area contributed by atoms with Crippen LogP contribution in [-0.2, 0) is 4.74 Å². The van der Waals surface area contributed by atoms with E-state index in [4.69, 9.17) is 9.84 Å². The van der Waals surface area contributed by atoms with Gasteiger partial charge < -0.3 is 14.7 Å². The van der Waals surface area contributed by atoms with Crippen LogP contribution in [0.5, 0.6) is 0 Å². The van der Waals surface area contributed by atoms with Crippen LogP contribution in [-0.4, -0.2) is 37.4 Å². The molecule has 0 radical (unpaired) electrons. The SMILES string of the molecule is COCCN(c1c(F)cc(C(=O)O)cc1F)C(C)C1CC1. The van der Waals surface area contributed by atoms with Gasteiger partial charge in [-0.25, -0.2) is 13.6 Å². The average Bonchev–Trinajstić information content (AvgIpc) is 3.25. The summed E-state index contributed by atoms with van der Waals surface area (Å²) in [5, 5.41) is 8.85. The molecule has 116 valence electrons. The number of aromatic carboxylic acids is 1. The van der Waals surface area contributed by atoms with Crippen molar-refractivity contribution in [2.24, 2.45) is 5.92 Å². The summed E-state index contributed by atoms with van der Waals surface area (Å²) >= 11 is 0. The van der Waals surface area contributed by atoms with Crippen LogP contribution < -0.4 is 4.90 Å².